The minimum atomic E-state index is 0.390. The Labute approximate surface area is 104 Å². The number of nitrogens with zero attached hydrogens (tertiary/aromatic N) is 1. The molecule has 1 atom stereocenters. The van der Waals surface area contributed by atoms with Gasteiger partial charge in [-0.05, 0) is 68.1 Å². The number of amides is 1. The third kappa shape index (κ3) is 1.36. The van der Waals surface area contributed by atoms with Crippen LogP contribution in [0.15, 0.2) is 0 Å². The maximum absolute atomic E-state index is 12.3. The summed E-state index contributed by atoms with van der Waals surface area (Å²) in [4.78, 5) is 14.3. The molecular weight excluding hydrogens is 210 g/mol. The molecule has 4 bridgehead atoms. The van der Waals surface area contributed by atoms with Gasteiger partial charge in [0.15, 0.2) is 0 Å². The molecule has 1 saturated heterocycles. The maximum Gasteiger partial charge on any atom is 0.226 e. The van der Waals surface area contributed by atoms with Crippen molar-refractivity contribution in [2.75, 3.05) is 13.6 Å². The summed E-state index contributed by atoms with van der Waals surface area (Å²) < 4.78 is 0. The van der Waals surface area contributed by atoms with Crippen LogP contribution < -0.4 is 0 Å². The molecule has 0 unspecified atom stereocenters. The Morgan fingerprint density at radius 3 is 2.00 bits per heavy atom. The van der Waals surface area contributed by atoms with E-state index in [9.17, 15) is 4.79 Å². The van der Waals surface area contributed by atoms with Crippen LogP contribution in [0.25, 0.3) is 0 Å². The second-order valence-electron chi connectivity index (χ2n) is 7.38. The fourth-order valence-corrected chi connectivity index (χ4v) is 5.99. The first-order valence-corrected chi connectivity index (χ1v) is 7.41. The van der Waals surface area contributed by atoms with Crippen LogP contribution in [0.5, 0.6) is 0 Å². The van der Waals surface area contributed by atoms with Crippen molar-refractivity contribution in [2.24, 2.45) is 29.1 Å². The highest BCUT2D eigenvalue weighted by molar-refractivity contribution is 5.81. The van der Waals surface area contributed by atoms with Crippen molar-refractivity contribution < 1.29 is 4.79 Å². The Kier molecular flexibility index (Phi) is 2.00. The van der Waals surface area contributed by atoms with Gasteiger partial charge >= 0.3 is 0 Å². The molecule has 0 aromatic rings. The fourth-order valence-electron chi connectivity index (χ4n) is 5.99. The topological polar surface area (TPSA) is 20.3 Å². The highest BCUT2D eigenvalue weighted by atomic mass is 16.2. The zero-order valence-corrected chi connectivity index (χ0v) is 10.8. The van der Waals surface area contributed by atoms with Gasteiger partial charge in [-0.25, -0.2) is 0 Å². The summed E-state index contributed by atoms with van der Waals surface area (Å²) in [6.45, 7) is 1.01. The van der Waals surface area contributed by atoms with Crippen LogP contribution in [0.2, 0.25) is 0 Å². The average Bonchev–Trinajstić information content (AvgIpc) is 2.58. The van der Waals surface area contributed by atoms with Crippen molar-refractivity contribution in [2.45, 2.75) is 44.9 Å². The zero-order chi connectivity index (χ0) is 11.6. The van der Waals surface area contributed by atoms with Crippen molar-refractivity contribution in [3.05, 3.63) is 0 Å². The molecule has 0 radical (unpaired) electrons. The van der Waals surface area contributed by atoms with Gasteiger partial charge in [-0.15, -0.1) is 0 Å². The Morgan fingerprint density at radius 1 is 1.06 bits per heavy atom. The zero-order valence-electron chi connectivity index (χ0n) is 10.8. The van der Waals surface area contributed by atoms with Gasteiger partial charge in [0, 0.05) is 19.5 Å². The van der Waals surface area contributed by atoms with E-state index in [-0.39, 0.29) is 0 Å². The molecule has 4 saturated carbocycles. The third-order valence-electron chi connectivity index (χ3n) is 6.25. The molecular formula is C15H23NO. The lowest BCUT2D eigenvalue weighted by atomic mass is 9.46. The maximum atomic E-state index is 12.3. The molecule has 2 nitrogen and oxygen atoms in total. The number of likely N-dealkylation sites (tertiary alicyclic amines) is 1. The van der Waals surface area contributed by atoms with Crippen LogP contribution >= 0.6 is 0 Å². The van der Waals surface area contributed by atoms with Crippen molar-refractivity contribution in [3.8, 4) is 0 Å². The summed E-state index contributed by atoms with van der Waals surface area (Å²) in [5.41, 5.74) is 0.441. The molecule has 1 amide bonds. The molecule has 0 aromatic carbocycles. The van der Waals surface area contributed by atoms with Gasteiger partial charge in [-0.2, -0.15) is 0 Å². The van der Waals surface area contributed by atoms with Crippen LogP contribution in [0.1, 0.15) is 44.9 Å². The first kappa shape index (κ1) is 10.4. The van der Waals surface area contributed by atoms with Gasteiger partial charge in [0.1, 0.15) is 0 Å². The minimum absolute atomic E-state index is 0.390. The van der Waals surface area contributed by atoms with Crippen LogP contribution in [-0.2, 0) is 4.79 Å². The van der Waals surface area contributed by atoms with E-state index < -0.39 is 0 Å². The third-order valence-corrected chi connectivity index (χ3v) is 6.25. The van der Waals surface area contributed by atoms with Gasteiger partial charge in [-0.1, -0.05) is 0 Å². The lowest BCUT2D eigenvalue weighted by Gasteiger charge is -2.58. The Balaban J connectivity index is 1.66. The van der Waals surface area contributed by atoms with Gasteiger partial charge in [-0.3, -0.25) is 4.79 Å². The van der Waals surface area contributed by atoms with Gasteiger partial charge < -0.3 is 4.90 Å². The number of hydrogen-bond donors (Lipinski definition) is 0. The quantitative estimate of drug-likeness (QED) is 0.682. The normalized spacial score (nSPS) is 52.5. The van der Waals surface area contributed by atoms with E-state index in [4.69, 9.17) is 0 Å². The first-order valence-electron chi connectivity index (χ1n) is 7.41. The number of rotatable bonds is 1. The first-order chi connectivity index (χ1) is 8.16. The van der Waals surface area contributed by atoms with E-state index in [1.807, 2.05) is 11.9 Å². The molecule has 5 fully saturated rings. The monoisotopic (exact) mass is 233 g/mol. The smallest absolute Gasteiger partial charge is 0.226 e. The molecule has 2 heteroatoms. The summed E-state index contributed by atoms with van der Waals surface area (Å²) >= 11 is 0. The van der Waals surface area contributed by atoms with Crippen molar-refractivity contribution in [1.29, 1.82) is 0 Å². The molecule has 0 N–H and O–H groups in total. The molecule has 17 heavy (non-hydrogen) atoms. The van der Waals surface area contributed by atoms with Gasteiger partial charge in [0.25, 0.3) is 0 Å². The molecule has 0 aromatic heterocycles. The van der Waals surface area contributed by atoms with Crippen LogP contribution in [0, 0.1) is 29.1 Å². The molecule has 94 valence electrons. The van der Waals surface area contributed by atoms with E-state index in [2.05, 4.69) is 0 Å². The van der Waals surface area contributed by atoms with Gasteiger partial charge in [0.2, 0.25) is 5.91 Å². The van der Waals surface area contributed by atoms with Crippen LogP contribution in [-0.4, -0.2) is 24.4 Å². The van der Waals surface area contributed by atoms with Crippen LogP contribution in [0.4, 0.5) is 0 Å². The summed E-state index contributed by atoms with van der Waals surface area (Å²) in [5, 5.41) is 0. The summed E-state index contributed by atoms with van der Waals surface area (Å²) in [5.74, 6) is 3.77. The van der Waals surface area contributed by atoms with E-state index >= 15 is 0 Å². The van der Waals surface area contributed by atoms with Crippen molar-refractivity contribution in [1.82, 2.24) is 4.90 Å². The standard InChI is InChI=1S/C15H23NO/c1-16-3-2-13(14(16)17)15-7-10-4-11(8-15)6-12(5-10)9-15/h10-13H,2-9H2,1H3/t10?,11?,12?,13-,15?/m1/s1. The summed E-state index contributed by atoms with van der Waals surface area (Å²) in [7, 11) is 1.99. The van der Waals surface area contributed by atoms with E-state index in [0.717, 1.165) is 30.7 Å². The molecule has 1 aliphatic heterocycles. The summed E-state index contributed by atoms with van der Waals surface area (Å²) in [6, 6.07) is 0. The lowest BCUT2D eigenvalue weighted by molar-refractivity contribution is -0.143. The molecule has 1 heterocycles. The second-order valence-corrected chi connectivity index (χ2v) is 7.38. The molecule has 0 spiro atoms. The predicted octanol–water partition coefficient (Wildman–Crippen LogP) is 2.68. The Morgan fingerprint density at radius 2 is 1.59 bits per heavy atom. The highest BCUT2D eigenvalue weighted by Crippen LogP contribution is 2.63. The second kappa shape index (κ2) is 3.27. The van der Waals surface area contributed by atoms with E-state index in [1.165, 1.54) is 38.5 Å². The highest BCUT2D eigenvalue weighted by Gasteiger charge is 2.57. The molecule has 5 rings (SSSR count). The van der Waals surface area contributed by atoms with E-state index in [0.29, 0.717) is 17.2 Å². The molecule has 4 aliphatic carbocycles. The predicted molar refractivity (Wildman–Crippen MR) is 66.3 cm³/mol. The van der Waals surface area contributed by atoms with Crippen molar-refractivity contribution in [3.63, 3.8) is 0 Å². The average molecular weight is 233 g/mol. The minimum Gasteiger partial charge on any atom is -0.345 e. The van der Waals surface area contributed by atoms with Crippen molar-refractivity contribution >= 4 is 5.91 Å². The Hall–Kier alpha value is -0.530. The van der Waals surface area contributed by atoms with E-state index in [1.54, 1.807) is 0 Å². The lowest BCUT2D eigenvalue weighted by Crippen LogP contribution is -2.51. The largest absolute Gasteiger partial charge is 0.345 e. The van der Waals surface area contributed by atoms with Crippen LogP contribution in [0.3, 0.4) is 0 Å². The summed E-state index contributed by atoms with van der Waals surface area (Å²) in [6.07, 6.45) is 9.72. The molecule has 5 aliphatic rings. The SMILES string of the molecule is CN1CC[C@@H](C23CC4CC(CC(C4)C2)C3)C1=O. The Bertz CT molecular complexity index is 327. The number of carbonyl (C=O) groups is 1. The fraction of sp³-hybridized carbons (Fsp3) is 0.933. The number of carbonyl (C=O) groups excluding carboxylic acids is 1. The van der Waals surface area contributed by atoms with Gasteiger partial charge in [0.05, 0.1) is 0 Å². The number of hydrogen-bond acceptors (Lipinski definition) is 1.